The molecule has 3 rings (SSSR count). The molecule has 1 heterocycles. The van der Waals surface area contributed by atoms with E-state index in [9.17, 15) is 4.79 Å². The number of nitrogens with zero attached hydrogens (tertiary/aromatic N) is 1. The molecular weight excluding hydrogens is 396 g/mol. The van der Waals surface area contributed by atoms with E-state index in [-0.39, 0.29) is 5.91 Å². The summed E-state index contributed by atoms with van der Waals surface area (Å²) in [6, 6.07) is 15.4. The van der Waals surface area contributed by atoms with Gasteiger partial charge in [0.05, 0.1) is 18.9 Å². The Hall–Kier alpha value is -3.12. The molecule has 156 valence electrons. The minimum atomic E-state index is -0.239. The summed E-state index contributed by atoms with van der Waals surface area (Å²) in [5, 5.41) is 5.28. The van der Waals surface area contributed by atoms with Crippen LogP contribution in [0.25, 0.3) is 17.3 Å². The van der Waals surface area contributed by atoms with E-state index in [2.05, 4.69) is 17.2 Å². The van der Waals surface area contributed by atoms with Gasteiger partial charge in [0.1, 0.15) is 11.5 Å². The molecule has 1 amide bonds. The standard InChI is InChI=1S/C24H26N2O3S/c1-3-5-16-29-21-12-8-6-10-18(21)14-15-23(27)26-24-25-20(17-30-24)19-11-7-9-13-22(19)28-4-2/h6-15,17H,3-5,16H2,1-2H3,(H,25,26,27)/b15-14+. The molecule has 0 saturated heterocycles. The van der Waals surface area contributed by atoms with Crippen molar-refractivity contribution in [1.29, 1.82) is 0 Å². The van der Waals surface area contributed by atoms with E-state index in [1.807, 2.05) is 60.8 Å². The monoisotopic (exact) mass is 422 g/mol. The van der Waals surface area contributed by atoms with Crippen LogP contribution in [0.3, 0.4) is 0 Å². The highest BCUT2D eigenvalue weighted by Gasteiger charge is 2.11. The quantitative estimate of drug-likeness (QED) is 0.320. The molecule has 0 aliphatic heterocycles. The molecule has 3 aromatic rings. The van der Waals surface area contributed by atoms with E-state index in [1.54, 1.807) is 6.08 Å². The summed E-state index contributed by atoms with van der Waals surface area (Å²) in [7, 11) is 0. The zero-order valence-electron chi connectivity index (χ0n) is 17.3. The molecule has 1 aromatic heterocycles. The van der Waals surface area contributed by atoms with Gasteiger partial charge in [0.15, 0.2) is 5.13 Å². The Balaban J connectivity index is 1.66. The van der Waals surface area contributed by atoms with Gasteiger partial charge in [-0.2, -0.15) is 0 Å². The highest BCUT2D eigenvalue weighted by atomic mass is 32.1. The number of anilines is 1. The number of carbonyl (C=O) groups is 1. The molecule has 5 nitrogen and oxygen atoms in total. The van der Waals surface area contributed by atoms with Crippen molar-refractivity contribution in [3.63, 3.8) is 0 Å². The van der Waals surface area contributed by atoms with Crippen LogP contribution in [-0.4, -0.2) is 24.1 Å². The largest absolute Gasteiger partial charge is 0.493 e. The summed E-state index contributed by atoms with van der Waals surface area (Å²) in [5.41, 5.74) is 2.55. The number of hydrogen-bond donors (Lipinski definition) is 1. The van der Waals surface area contributed by atoms with Crippen molar-refractivity contribution in [3.05, 3.63) is 65.6 Å². The highest BCUT2D eigenvalue weighted by Crippen LogP contribution is 2.32. The molecule has 0 aliphatic carbocycles. The molecule has 0 fully saturated rings. The molecule has 30 heavy (non-hydrogen) atoms. The topological polar surface area (TPSA) is 60.5 Å². The molecule has 1 N–H and O–H groups in total. The Labute approximate surface area is 181 Å². The molecule has 0 atom stereocenters. The number of aromatic nitrogens is 1. The SMILES string of the molecule is CCCCOc1ccccc1/C=C/C(=O)Nc1nc(-c2ccccc2OCC)cs1. The number of hydrogen-bond acceptors (Lipinski definition) is 5. The van der Waals surface area contributed by atoms with Crippen molar-refractivity contribution in [1.82, 2.24) is 4.98 Å². The molecule has 0 radical (unpaired) electrons. The van der Waals surface area contributed by atoms with Gasteiger partial charge >= 0.3 is 0 Å². The average molecular weight is 423 g/mol. The number of carbonyl (C=O) groups excluding carboxylic acids is 1. The Morgan fingerprint density at radius 3 is 2.63 bits per heavy atom. The van der Waals surface area contributed by atoms with Crippen molar-refractivity contribution < 1.29 is 14.3 Å². The second-order valence-electron chi connectivity index (χ2n) is 6.53. The van der Waals surface area contributed by atoms with Crippen molar-refractivity contribution >= 4 is 28.5 Å². The van der Waals surface area contributed by atoms with Gasteiger partial charge in [-0.25, -0.2) is 4.98 Å². The van der Waals surface area contributed by atoms with Crippen LogP contribution < -0.4 is 14.8 Å². The Kier molecular flexibility index (Phi) is 8.03. The first-order valence-corrected chi connectivity index (χ1v) is 11.0. The van der Waals surface area contributed by atoms with Gasteiger partial charge in [0, 0.05) is 22.6 Å². The zero-order valence-corrected chi connectivity index (χ0v) is 18.1. The fraction of sp³-hybridized carbons (Fsp3) is 0.250. The minimum absolute atomic E-state index is 0.239. The predicted molar refractivity (Wildman–Crippen MR) is 123 cm³/mol. The minimum Gasteiger partial charge on any atom is -0.493 e. The van der Waals surface area contributed by atoms with E-state index >= 15 is 0 Å². The van der Waals surface area contributed by atoms with E-state index in [1.165, 1.54) is 17.4 Å². The first kappa shape index (κ1) is 21.6. The lowest BCUT2D eigenvalue weighted by Gasteiger charge is -2.08. The number of thiazole rings is 1. The third-order valence-electron chi connectivity index (χ3n) is 4.29. The molecule has 0 spiro atoms. The van der Waals surface area contributed by atoms with Crippen LogP contribution in [0.2, 0.25) is 0 Å². The highest BCUT2D eigenvalue weighted by molar-refractivity contribution is 7.14. The van der Waals surface area contributed by atoms with Crippen molar-refractivity contribution in [2.24, 2.45) is 0 Å². The van der Waals surface area contributed by atoms with Crippen LogP contribution in [0.15, 0.2) is 60.0 Å². The molecule has 0 aliphatic rings. The van der Waals surface area contributed by atoms with Gasteiger partial charge in [0.2, 0.25) is 5.91 Å². The summed E-state index contributed by atoms with van der Waals surface area (Å²) < 4.78 is 11.5. The number of para-hydroxylation sites is 2. The van der Waals surface area contributed by atoms with Gasteiger partial charge in [-0.15, -0.1) is 11.3 Å². The zero-order chi connectivity index (χ0) is 21.2. The maximum atomic E-state index is 12.4. The number of nitrogens with one attached hydrogen (secondary N) is 1. The van der Waals surface area contributed by atoms with Crippen molar-refractivity contribution in [2.45, 2.75) is 26.7 Å². The molecule has 6 heteroatoms. The van der Waals surface area contributed by atoms with E-state index in [0.717, 1.165) is 41.2 Å². The maximum absolute atomic E-state index is 12.4. The van der Waals surface area contributed by atoms with Crippen LogP contribution in [-0.2, 0) is 4.79 Å². The summed E-state index contributed by atoms with van der Waals surface area (Å²) in [4.78, 5) is 16.9. The van der Waals surface area contributed by atoms with Crippen LogP contribution in [0.4, 0.5) is 5.13 Å². The summed E-state index contributed by atoms with van der Waals surface area (Å²) in [6.07, 6.45) is 5.33. The van der Waals surface area contributed by atoms with Crippen molar-refractivity contribution in [3.8, 4) is 22.8 Å². The predicted octanol–water partition coefficient (Wildman–Crippen LogP) is 6.04. The number of ether oxygens (including phenoxy) is 2. The van der Waals surface area contributed by atoms with Crippen LogP contribution in [0.1, 0.15) is 32.3 Å². The van der Waals surface area contributed by atoms with E-state index in [4.69, 9.17) is 9.47 Å². The first-order valence-electron chi connectivity index (χ1n) is 10.1. The second kappa shape index (κ2) is 11.2. The van der Waals surface area contributed by atoms with Gasteiger partial charge < -0.3 is 9.47 Å². The fourth-order valence-corrected chi connectivity index (χ4v) is 3.52. The van der Waals surface area contributed by atoms with Crippen LogP contribution in [0, 0.1) is 0 Å². The van der Waals surface area contributed by atoms with E-state index in [0.29, 0.717) is 18.3 Å². The first-order chi connectivity index (χ1) is 14.7. The lowest BCUT2D eigenvalue weighted by molar-refractivity contribution is -0.111. The number of amides is 1. The number of unbranched alkanes of at least 4 members (excludes halogenated alkanes) is 1. The number of rotatable bonds is 10. The molecule has 0 bridgehead atoms. The molecule has 0 unspecified atom stereocenters. The maximum Gasteiger partial charge on any atom is 0.250 e. The van der Waals surface area contributed by atoms with Crippen LogP contribution >= 0.6 is 11.3 Å². The Morgan fingerprint density at radius 2 is 1.83 bits per heavy atom. The van der Waals surface area contributed by atoms with Gasteiger partial charge in [-0.3, -0.25) is 10.1 Å². The Morgan fingerprint density at radius 1 is 1.07 bits per heavy atom. The Bertz CT molecular complexity index is 997. The lowest BCUT2D eigenvalue weighted by Crippen LogP contribution is -2.07. The van der Waals surface area contributed by atoms with Gasteiger partial charge in [-0.1, -0.05) is 43.7 Å². The second-order valence-corrected chi connectivity index (χ2v) is 7.39. The molecule has 0 saturated carbocycles. The average Bonchev–Trinajstić information content (AvgIpc) is 3.22. The molecular formula is C24H26N2O3S. The normalized spacial score (nSPS) is 10.9. The summed E-state index contributed by atoms with van der Waals surface area (Å²) in [5.74, 6) is 1.32. The fourth-order valence-electron chi connectivity index (χ4n) is 2.80. The summed E-state index contributed by atoms with van der Waals surface area (Å²) in [6.45, 7) is 5.32. The molecule has 2 aromatic carbocycles. The number of benzene rings is 2. The lowest BCUT2D eigenvalue weighted by atomic mass is 10.1. The van der Waals surface area contributed by atoms with Gasteiger partial charge in [-0.05, 0) is 37.6 Å². The summed E-state index contributed by atoms with van der Waals surface area (Å²) >= 11 is 1.38. The van der Waals surface area contributed by atoms with Crippen molar-refractivity contribution in [2.75, 3.05) is 18.5 Å². The van der Waals surface area contributed by atoms with Crippen LogP contribution in [0.5, 0.6) is 11.5 Å². The smallest absolute Gasteiger partial charge is 0.250 e. The third kappa shape index (κ3) is 5.94. The third-order valence-corrected chi connectivity index (χ3v) is 5.04. The van der Waals surface area contributed by atoms with Gasteiger partial charge in [0.25, 0.3) is 0 Å². The van der Waals surface area contributed by atoms with E-state index < -0.39 is 0 Å².